The van der Waals surface area contributed by atoms with Gasteiger partial charge in [-0.15, -0.1) is 0 Å². The fourth-order valence-corrected chi connectivity index (χ4v) is 2.75. The van der Waals surface area contributed by atoms with Gasteiger partial charge in [0.2, 0.25) is 0 Å². The van der Waals surface area contributed by atoms with E-state index in [1.165, 1.54) is 25.8 Å². The van der Waals surface area contributed by atoms with Gasteiger partial charge in [-0.25, -0.2) is 4.39 Å². The van der Waals surface area contributed by atoms with Crippen molar-refractivity contribution in [2.24, 2.45) is 0 Å². The molecule has 4 heteroatoms. The summed E-state index contributed by atoms with van der Waals surface area (Å²) in [5, 5.41) is 0. The zero-order valence-corrected chi connectivity index (χ0v) is 11.2. The molecule has 0 unspecified atom stereocenters. The van der Waals surface area contributed by atoms with Crippen LogP contribution in [0.1, 0.15) is 30.1 Å². The Bertz CT molecular complexity index is 491. The molecule has 3 nitrogen and oxygen atoms in total. The monoisotopic (exact) mass is 262 g/mol. The summed E-state index contributed by atoms with van der Waals surface area (Å²) >= 11 is 0. The lowest BCUT2D eigenvalue weighted by Gasteiger charge is -2.36. The van der Waals surface area contributed by atoms with Crippen LogP contribution in [0.15, 0.2) is 18.2 Å². The molecule has 0 atom stereocenters. The number of hydrogen-bond donors (Lipinski definition) is 0. The molecule has 1 aliphatic carbocycles. The van der Waals surface area contributed by atoms with Gasteiger partial charge in [-0.2, -0.15) is 0 Å². The molecule has 0 radical (unpaired) electrons. The zero-order chi connectivity index (χ0) is 13.4. The molecular formula is C15H19FN2O. The van der Waals surface area contributed by atoms with Crippen molar-refractivity contribution in [3.63, 3.8) is 0 Å². The fourth-order valence-electron chi connectivity index (χ4n) is 2.75. The Morgan fingerprint density at radius 1 is 1.21 bits per heavy atom. The van der Waals surface area contributed by atoms with Gasteiger partial charge < -0.3 is 4.90 Å². The maximum Gasteiger partial charge on any atom is 0.159 e. The minimum absolute atomic E-state index is 0.0935. The SMILES string of the molecule is CC(=O)c1ccc(N2CCN(C3CC3)CC2)c(F)c1. The average molecular weight is 262 g/mol. The first-order valence-electron chi connectivity index (χ1n) is 6.94. The van der Waals surface area contributed by atoms with E-state index < -0.39 is 0 Å². The second-order valence-electron chi connectivity index (χ2n) is 5.48. The summed E-state index contributed by atoms with van der Waals surface area (Å²) in [6, 6.07) is 5.59. The van der Waals surface area contributed by atoms with Gasteiger partial charge in [0.15, 0.2) is 5.78 Å². The summed E-state index contributed by atoms with van der Waals surface area (Å²) in [5.74, 6) is -0.378. The summed E-state index contributed by atoms with van der Waals surface area (Å²) in [4.78, 5) is 15.8. The maximum absolute atomic E-state index is 14.1. The second-order valence-corrected chi connectivity index (χ2v) is 5.48. The van der Waals surface area contributed by atoms with Crippen LogP contribution >= 0.6 is 0 Å². The molecule has 2 fully saturated rings. The third-order valence-corrected chi connectivity index (χ3v) is 4.07. The molecule has 0 N–H and O–H groups in total. The van der Waals surface area contributed by atoms with Gasteiger partial charge in [0, 0.05) is 37.8 Å². The Balaban J connectivity index is 1.70. The number of carbonyl (C=O) groups excluding carboxylic acids is 1. The van der Waals surface area contributed by atoms with Gasteiger partial charge in [0.05, 0.1) is 5.69 Å². The molecule has 1 saturated heterocycles. The molecule has 0 amide bonds. The van der Waals surface area contributed by atoms with Crippen LogP contribution in [0.4, 0.5) is 10.1 Å². The van der Waals surface area contributed by atoms with Crippen LogP contribution in [0.5, 0.6) is 0 Å². The standard InChI is InChI=1S/C15H19FN2O/c1-11(19)12-2-5-15(14(16)10-12)18-8-6-17(7-9-18)13-3-4-13/h2,5,10,13H,3-4,6-9H2,1H3. The highest BCUT2D eigenvalue weighted by Gasteiger charge is 2.31. The Morgan fingerprint density at radius 3 is 2.42 bits per heavy atom. The minimum Gasteiger partial charge on any atom is -0.367 e. The molecule has 1 heterocycles. The molecule has 102 valence electrons. The highest BCUT2D eigenvalue weighted by Crippen LogP contribution is 2.29. The van der Waals surface area contributed by atoms with Gasteiger partial charge in [-0.3, -0.25) is 9.69 Å². The Morgan fingerprint density at radius 2 is 1.89 bits per heavy atom. The number of halogens is 1. The number of carbonyl (C=O) groups is 1. The molecule has 3 rings (SSSR count). The molecule has 0 spiro atoms. The summed E-state index contributed by atoms with van der Waals surface area (Å²) in [5.41, 5.74) is 1.07. The lowest BCUT2D eigenvalue weighted by Crippen LogP contribution is -2.47. The van der Waals surface area contributed by atoms with E-state index >= 15 is 0 Å². The third kappa shape index (κ3) is 2.63. The molecule has 19 heavy (non-hydrogen) atoms. The predicted octanol–water partition coefficient (Wildman–Crippen LogP) is 2.31. The smallest absolute Gasteiger partial charge is 0.159 e. The molecule has 0 bridgehead atoms. The van der Waals surface area contributed by atoms with Crippen LogP contribution < -0.4 is 4.90 Å². The molecule has 2 aliphatic rings. The molecule has 1 saturated carbocycles. The molecule has 1 aromatic rings. The number of benzene rings is 1. The van der Waals surface area contributed by atoms with E-state index in [2.05, 4.69) is 9.80 Å². The first-order valence-corrected chi connectivity index (χ1v) is 6.94. The van der Waals surface area contributed by atoms with Crippen LogP contribution in [0.2, 0.25) is 0 Å². The maximum atomic E-state index is 14.1. The average Bonchev–Trinajstić information content (AvgIpc) is 3.23. The summed E-state index contributed by atoms with van der Waals surface area (Å²) in [7, 11) is 0. The first-order chi connectivity index (χ1) is 9.15. The van der Waals surface area contributed by atoms with E-state index in [0.717, 1.165) is 32.2 Å². The first kappa shape index (κ1) is 12.6. The van der Waals surface area contributed by atoms with Gasteiger partial charge in [-0.1, -0.05) is 0 Å². The summed E-state index contributed by atoms with van der Waals surface area (Å²) < 4.78 is 14.1. The number of piperazine rings is 1. The van der Waals surface area contributed by atoms with Crippen LogP contribution in [-0.4, -0.2) is 42.9 Å². The van der Waals surface area contributed by atoms with Crippen molar-refractivity contribution in [1.82, 2.24) is 4.90 Å². The minimum atomic E-state index is -0.285. The van der Waals surface area contributed by atoms with Crippen molar-refractivity contribution in [2.75, 3.05) is 31.1 Å². The molecule has 0 aromatic heterocycles. The molecule has 1 aliphatic heterocycles. The number of ketones is 1. The second kappa shape index (κ2) is 4.93. The van der Waals surface area contributed by atoms with E-state index in [1.807, 2.05) is 0 Å². The number of Topliss-reactive ketones (excluding diaryl/α,β-unsaturated/α-hetero) is 1. The number of hydrogen-bond acceptors (Lipinski definition) is 3. The zero-order valence-electron chi connectivity index (χ0n) is 11.2. The third-order valence-electron chi connectivity index (χ3n) is 4.07. The lowest BCUT2D eigenvalue weighted by molar-refractivity contribution is 0.101. The number of nitrogens with zero attached hydrogens (tertiary/aromatic N) is 2. The summed E-state index contributed by atoms with van der Waals surface area (Å²) in [6.45, 7) is 5.22. The van der Waals surface area contributed by atoms with Crippen molar-refractivity contribution in [3.8, 4) is 0 Å². The van der Waals surface area contributed by atoms with Crippen molar-refractivity contribution < 1.29 is 9.18 Å². The lowest BCUT2D eigenvalue weighted by atomic mass is 10.1. The van der Waals surface area contributed by atoms with E-state index in [4.69, 9.17) is 0 Å². The van der Waals surface area contributed by atoms with Gasteiger partial charge in [0.1, 0.15) is 5.82 Å². The van der Waals surface area contributed by atoms with Crippen LogP contribution in [0.3, 0.4) is 0 Å². The van der Waals surface area contributed by atoms with E-state index in [0.29, 0.717) is 11.3 Å². The van der Waals surface area contributed by atoms with Crippen molar-refractivity contribution in [1.29, 1.82) is 0 Å². The Hall–Kier alpha value is -1.42. The van der Waals surface area contributed by atoms with Gasteiger partial charge in [-0.05, 0) is 38.0 Å². The molecular weight excluding hydrogens is 243 g/mol. The topological polar surface area (TPSA) is 23.6 Å². The van der Waals surface area contributed by atoms with Gasteiger partial charge in [0.25, 0.3) is 0 Å². The van der Waals surface area contributed by atoms with E-state index in [1.54, 1.807) is 12.1 Å². The Labute approximate surface area is 113 Å². The number of anilines is 1. The normalized spacial score (nSPS) is 20.6. The highest BCUT2D eigenvalue weighted by molar-refractivity contribution is 5.94. The van der Waals surface area contributed by atoms with Crippen molar-refractivity contribution in [2.45, 2.75) is 25.8 Å². The highest BCUT2D eigenvalue weighted by atomic mass is 19.1. The van der Waals surface area contributed by atoms with Crippen LogP contribution in [0, 0.1) is 5.82 Å². The van der Waals surface area contributed by atoms with E-state index in [9.17, 15) is 9.18 Å². The van der Waals surface area contributed by atoms with Gasteiger partial charge >= 0.3 is 0 Å². The predicted molar refractivity (Wildman–Crippen MR) is 73.2 cm³/mol. The van der Waals surface area contributed by atoms with Crippen molar-refractivity contribution in [3.05, 3.63) is 29.6 Å². The Kier molecular flexibility index (Phi) is 3.27. The van der Waals surface area contributed by atoms with E-state index in [-0.39, 0.29) is 11.6 Å². The number of rotatable bonds is 3. The molecule has 1 aromatic carbocycles. The quantitative estimate of drug-likeness (QED) is 0.781. The largest absolute Gasteiger partial charge is 0.367 e. The van der Waals surface area contributed by atoms with Crippen LogP contribution in [0.25, 0.3) is 0 Å². The van der Waals surface area contributed by atoms with Crippen LogP contribution in [-0.2, 0) is 0 Å². The fraction of sp³-hybridized carbons (Fsp3) is 0.533. The summed E-state index contributed by atoms with van der Waals surface area (Å²) in [6.07, 6.45) is 2.64. The van der Waals surface area contributed by atoms with Crippen molar-refractivity contribution >= 4 is 11.5 Å².